The second-order valence-corrected chi connectivity index (χ2v) is 1.99. The van der Waals surface area contributed by atoms with Crippen LogP contribution in [0.2, 0.25) is 0 Å². The largest absolute Gasteiger partial charge is 0.374 e. The fourth-order valence-electron chi connectivity index (χ4n) is 0.508. The number of aliphatic hydroxyl groups excluding tert-OH is 1. The average molecular weight is 160 g/mol. The number of unbranched alkanes of at least 4 members (excludes halogenated alkanes) is 1. The predicted molar refractivity (Wildman–Crippen MR) is 39.2 cm³/mol. The summed E-state index contributed by atoms with van der Waals surface area (Å²) in [6.45, 7) is -0.490. The van der Waals surface area contributed by atoms with Crippen LogP contribution in [-0.4, -0.2) is 17.9 Å². The van der Waals surface area contributed by atoms with Crippen LogP contribution in [-0.2, 0) is 0 Å². The number of hydrogen-bond acceptors (Lipinski definition) is 1. The molecule has 0 aromatic carbocycles. The minimum atomic E-state index is -1.48. The summed E-state index contributed by atoms with van der Waals surface area (Å²) in [5, 5.41) is 8.65. The number of aliphatic hydroxyl groups is 1. The topological polar surface area (TPSA) is 20.2 Å². The molecule has 0 aliphatic heterocycles. The molecule has 0 bridgehead atoms. The first kappa shape index (κ1) is 10.1. The van der Waals surface area contributed by atoms with E-state index in [4.69, 9.17) is 11.5 Å². The van der Waals surface area contributed by atoms with Crippen LogP contribution in [0, 0.1) is 12.3 Å². The van der Waals surface area contributed by atoms with Gasteiger partial charge in [0, 0.05) is 0 Å². The van der Waals surface area contributed by atoms with Gasteiger partial charge in [0.15, 0.2) is 6.10 Å². The molecule has 0 radical (unpaired) electrons. The second kappa shape index (κ2) is 5.87. The molecular formula is C8H10F2O. The molecule has 0 aromatic rings. The third kappa shape index (κ3) is 4.51. The Balaban J connectivity index is 3.73. The van der Waals surface area contributed by atoms with E-state index in [1.807, 2.05) is 5.92 Å². The molecule has 1 nitrogen and oxygen atoms in total. The Morgan fingerprint density at radius 3 is 2.82 bits per heavy atom. The third-order valence-corrected chi connectivity index (χ3v) is 1.10. The van der Waals surface area contributed by atoms with E-state index in [1.165, 1.54) is 0 Å². The lowest BCUT2D eigenvalue weighted by Gasteiger charge is -1.97. The Hall–Kier alpha value is -0.880. The first-order valence-corrected chi connectivity index (χ1v) is 3.28. The molecule has 11 heavy (non-hydrogen) atoms. The van der Waals surface area contributed by atoms with E-state index in [-0.39, 0.29) is 12.8 Å². The molecule has 0 aliphatic rings. The highest BCUT2D eigenvalue weighted by atomic mass is 19.1. The molecule has 1 unspecified atom stereocenters. The number of allylic oxidation sites excluding steroid dienone is 1. The summed E-state index contributed by atoms with van der Waals surface area (Å²) in [4.78, 5) is 0. The van der Waals surface area contributed by atoms with E-state index in [2.05, 4.69) is 0 Å². The molecular weight excluding hydrogens is 150 g/mol. The quantitative estimate of drug-likeness (QED) is 0.489. The molecule has 0 saturated heterocycles. The van der Waals surface area contributed by atoms with Gasteiger partial charge < -0.3 is 5.11 Å². The highest BCUT2D eigenvalue weighted by Crippen LogP contribution is 2.05. The maximum absolute atomic E-state index is 12.5. The van der Waals surface area contributed by atoms with Crippen LogP contribution in [0.1, 0.15) is 12.8 Å². The van der Waals surface area contributed by atoms with Crippen molar-refractivity contribution in [1.82, 2.24) is 0 Å². The number of halogens is 2. The third-order valence-electron chi connectivity index (χ3n) is 1.10. The van der Waals surface area contributed by atoms with E-state index in [0.717, 1.165) is 6.08 Å². The molecule has 0 aromatic heterocycles. The van der Waals surface area contributed by atoms with Crippen LogP contribution >= 0.6 is 0 Å². The van der Waals surface area contributed by atoms with E-state index >= 15 is 0 Å². The molecule has 0 aliphatic carbocycles. The summed E-state index contributed by atoms with van der Waals surface area (Å²) in [6.07, 6.45) is 4.87. The predicted octanol–water partition coefficient (Wildman–Crippen LogP) is 1.58. The number of hydrogen-bond donors (Lipinski definition) is 1. The van der Waals surface area contributed by atoms with Crippen molar-refractivity contribution < 1.29 is 13.9 Å². The maximum Gasteiger partial charge on any atom is 0.165 e. The molecule has 1 N–H and O–H groups in total. The van der Waals surface area contributed by atoms with Crippen molar-refractivity contribution in [2.24, 2.45) is 0 Å². The van der Waals surface area contributed by atoms with Crippen LogP contribution in [0.5, 0.6) is 0 Å². The molecule has 0 heterocycles. The van der Waals surface area contributed by atoms with Crippen molar-refractivity contribution >= 4 is 0 Å². The van der Waals surface area contributed by atoms with Crippen LogP contribution < -0.4 is 0 Å². The summed E-state index contributed by atoms with van der Waals surface area (Å²) >= 11 is 0. The van der Waals surface area contributed by atoms with E-state index in [9.17, 15) is 8.78 Å². The lowest BCUT2D eigenvalue weighted by molar-refractivity contribution is 0.236. The zero-order valence-electron chi connectivity index (χ0n) is 6.06. The number of alkyl halides is 1. The van der Waals surface area contributed by atoms with Gasteiger partial charge in [0.2, 0.25) is 0 Å². The zero-order valence-corrected chi connectivity index (χ0v) is 6.06. The smallest absolute Gasteiger partial charge is 0.165 e. The van der Waals surface area contributed by atoms with Crippen LogP contribution in [0.15, 0.2) is 11.9 Å². The normalized spacial score (nSPS) is 14.2. The highest BCUT2D eigenvalue weighted by molar-refractivity contribution is 5.12. The SMILES string of the molecule is C#CC(O)C(F)=CCCCF. The molecule has 0 amide bonds. The molecule has 3 heteroatoms. The van der Waals surface area contributed by atoms with E-state index < -0.39 is 18.6 Å². The minimum Gasteiger partial charge on any atom is -0.374 e. The molecule has 0 saturated carbocycles. The Morgan fingerprint density at radius 1 is 1.73 bits per heavy atom. The maximum atomic E-state index is 12.5. The van der Waals surface area contributed by atoms with Gasteiger partial charge in [0.25, 0.3) is 0 Å². The molecule has 0 fully saturated rings. The van der Waals surface area contributed by atoms with Gasteiger partial charge in [-0.1, -0.05) is 5.92 Å². The molecule has 0 rings (SSSR count). The standard InChI is InChI=1S/C8H10F2O/c1-2-8(11)7(10)5-3-4-6-9/h1,5,8,11H,3-4,6H2. The summed E-state index contributed by atoms with van der Waals surface area (Å²) in [6, 6.07) is 0. The Labute approximate surface area is 64.7 Å². The van der Waals surface area contributed by atoms with Gasteiger partial charge in [-0.15, -0.1) is 6.42 Å². The zero-order chi connectivity index (χ0) is 8.69. The lowest BCUT2D eigenvalue weighted by Crippen LogP contribution is -2.02. The van der Waals surface area contributed by atoms with Crippen LogP contribution in [0.4, 0.5) is 8.78 Å². The van der Waals surface area contributed by atoms with Crippen molar-refractivity contribution in [3.05, 3.63) is 11.9 Å². The fraction of sp³-hybridized carbons (Fsp3) is 0.500. The Kier molecular flexibility index (Phi) is 5.40. The highest BCUT2D eigenvalue weighted by Gasteiger charge is 2.03. The summed E-state index contributed by atoms with van der Waals surface area (Å²) in [7, 11) is 0. The second-order valence-electron chi connectivity index (χ2n) is 1.99. The van der Waals surface area contributed by atoms with Crippen LogP contribution in [0.25, 0.3) is 0 Å². The van der Waals surface area contributed by atoms with Crippen molar-refractivity contribution in [2.45, 2.75) is 18.9 Å². The van der Waals surface area contributed by atoms with E-state index in [1.54, 1.807) is 0 Å². The van der Waals surface area contributed by atoms with Gasteiger partial charge in [-0.25, -0.2) is 4.39 Å². The summed E-state index contributed by atoms with van der Waals surface area (Å²) in [5.41, 5.74) is 0. The van der Waals surface area contributed by atoms with Gasteiger partial charge in [0.05, 0.1) is 6.67 Å². The Bertz CT molecular complexity index is 169. The van der Waals surface area contributed by atoms with Gasteiger partial charge in [-0.2, -0.15) is 0 Å². The monoisotopic (exact) mass is 160 g/mol. The average Bonchev–Trinajstić information content (AvgIpc) is 2.03. The van der Waals surface area contributed by atoms with Crippen molar-refractivity contribution in [1.29, 1.82) is 0 Å². The number of terminal acetylenes is 1. The van der Waals surface area contributed by atoms with Crippen molar-refractivity contribution in [3.63, 3.8) is 0 Å². The lowest BCUT2D eigenvalue weighted by atomic mass is 10.2. The van der Waals surface area contributed by atoms with Crippen molar-refractivity contribution in [2.75, 3.05) is 6.67 Å². The van der Waals surface area contributed by atoms with E-state index in [0.29, 0.717) is 0 Å². The first-order valence-electron chi connectivity index (χ1n) is 3.28. The summed E-state index contributed by atoms with van der Waals surface area (Å²) in [5.74, 6) is 1.03. The van der Waals surface area contributed by atoms with Crippen molar-refractivity contribution in [3.8, 4) is 12.3 Å². The van der Waals surface area contributed by atoms with Gasteiger partial charge in [-0.3, -0.25) is 4.39 Å². The molecule has 0 spiro atoms. The Morgan fingerprint density at radius 2 is 2.36 bits per heavy atom. The summed E-state index contributed by atoms with van der Waals surface area (Å²) < 4.78 is 23.9. The van der Waals surface area contributed by atoms with Gasteiger partial charge in [-0.05, 0) is 18.9 Å². The first-order chi connectivity index (χ1) is 5.22. The number of rotatable bonds is 4. The minimum absolute atomic E-state index is 0.255. The fourth-order valence-corrected chi connectivity index (χ4v) is 0.508. The molecule has 1 atom stereocenters. The van der Waals surface area contributed by atoms with Gasteiger partial charge >= 0.3 is 0 Å². The van der Waals surface area contributed by atoms with Gasteiger partial charge in [0.1, 0.15) is 5.83 Å². The van der Waals surface area contributed by atoms with Crippen LogP contribution in [0.3, 0.4) is 0 Å². The molecule has 62 valence electrons.